The van der Waals surface area contributed by atoms with Crippen molar-refractivity contribution in [1.82, 2.24) is 15.0 Å². The van der Waals surface area contributed by atoms with E-state index in [-0.39, 0.29) is 12.4 Å². The third-order valence-corrected chi connectivity index (χ3v) is 5.99. The minimum atomic E-state index is 0. The fourth-order valence-corrected chi connectivity index (χ4v) is 5.00. The minimum Gasteiger partial charge on any atom is -0.338 e. The van der Waals surface area contributed by atoms with E-state index in [4.69, 9.17) is 10.3 Å². The van der Waals surface area contributed by atoms with Crippen molar-refractivity contribution in [3.8, 4) is 0 Å². The van der Waals surface area contributed by atoms with Crippen molar-refractivity contribution in [1.29, 1.82) is 0 Å². The molecule has 1 aromatic rings. The van der Waals surface area contributed by atoms with Crippen molar-refractivity contribution >= 4 is 12.4 Å². The molecule has 0 spiro atoms. The van der Waals surface area contributed by atoms with E-state index < -0.39 is 0 Å². The molecule has 1 saturated heterocycles. The molecule has 0 amide bonds. The normalized spacial score (nSPS) is 34.2. The van der Waals surface area contributed by atoms with Crippen LogP contribution in [0.3, 0.4) is 0 Å². The van der Waals surface area contributed by atoms with Gasteiger partial charge in [-0.1, -0.05) is 11.6 Å². The number of fused-ring (bicyclic) bond motifs is 2. The highest BCUT2D eigenvalue weighted by molar-refractivity contribution is 5.85. The van der Waals surface area contributed by atoms with Crippen LogP contribution in [-0.2, 0) is 13.1 Å². The van der Waals surface area contributed by atoms with Gasteiger partial charge in [-0.05, 0) is 62.8 Å². The molecule has 1 aliphatic heterocycles. The number of hydrogen-bond acceptors (Lipinski definition) is 5. The molecule has 2 N–H and O–H groups in total. The summed E-state index contributed by atoms with van der Waals surface area (Å²) in [5, 5.41) is 4.05. The molecule has 6 heteroatoms. The number of rotatable bonds is 5. The zero-order chi connectivity index (χ0) is 14.2. The van der Waals surface area contributed by atoms with Gasteiger partial charge in [0.25, 0.3) is 0 Å². The van der Waals surface area contributed by atoms with Crippen molar-refractivity contribution in [2.75, 3.05) is 6.54 Å². The van der Waals surface area contributed by atoms with E-state index in [1.807, 2.05) is 0 Å². The summed E-state index contributed by atoms with van der Waals surface area (Å²) in [6.07, 6.45) is 10.1. The molecule has 0 radical (unpaired) electrons. The Balaban J connectivity index is 0.00000144. The molecule has 1 aromatic heterocycles. The van der Waals surface area contributed by atoms with Crippen molar-refractivity contribution in [2.24, 2.45) is 23.5 Å². The lowest BCUT2D eigenvalue weighted by Gasteiger charge is -2.29. The van der Waals surface area contributed by atoms with Crippen LogP contribution < -0.4 is 5.73 Å². The SMILES string of the molecule is Cl.NCc1nc(CN2CCCC2CC2CC3CCC2C3)no1. The molecule has 5 nitrogen and oxygen atoms in total. The standard InChI is InChI=1S/C16H26N4O.ClH/c17-9-16-18-15(19-21-16)10-20-5-1-2-14(20)8-13-7-11-3-4-12(13)6-11;/h11-14H,1-10,17H2;1H. The highest BCUT2D eigenvalue weighted by atomic mass is 35.5. The zero-order valence-electron chi connectivity index (χ0n) is 13.1. The van der Waals surface area contributed by atoms with Crippen LogP contribution in [0.1, 0.15) is 56.7 Å². The molecule has 0 aromatic carbocycles. The fourth-order valence-electron chi connectivity index (χ4n) is 5.00. The lowest BCUT2D eigenvalue weighted by Crippen LogP contribution is -2.32. The Bertz CT molecular complexity index is 494. The Labute approximate surface area is 138 Å². The number of likely N-dealkylation sites (tertiary alicyclic amines) is 1. The second-order valence-electron chi connectivity index (χ2n) is 7.25. The molecule has 3 aliphatic rings. The van der Waals surface area contributed by atoms with E-state index in [1.165, 1.54) is 51.5 Å². The van der Waals surface area contributed by atoms with Gasteiger partial charge in [-0.3, -0.25) is 4.90 Å². The van der Waals surface area contributed by atoms with Crippen LogP contribution in [0.2, 0.25) is 0 Å². The average molecular weight is 327 g/mol. The summed E-state index contributed by atoms with van der Waals surface area (Å²) < 4.78 is 5.12. The first-order chi connectivity index (χ1) is 10.3. The van der Waals surface area contributed by atoms with Crippen LogP contribution in [0.25, 0.3) is 0 Å². The molecule has 2 aliphatic carbocycles. The van der Waals surface area contributed by atoms with E-state index in [2.05, 4.69) is 15.0 Å². The first-order valence-electron chi connectivity index (χ1n) is 8.57. The molecule has 2 bridgehead atoms. The molecule has 124 valence electrons. The second kappa shape index (κ2) is 6.85. The Hall–Kier alpha value is -0.650. The maximum atomic E-state index is 5.53. The largest absolute Gasteiger partial charge is 0.338 e. The molecule has 4 unspecified atom stereocenters. The van der Waals surface area contributed by atoms with Crippen molar-refractivity contribution in [2.45, 2.75) is 64.1 Å². The summed E-state index contributed by atoms with van der Waals surface area (Å²) >= 11 is 0. The quantitative estimate of drug-likeness (QED) is 0.901. The van der Waals surface area contributed by atoms with Crippen LogP contribution in [0.5, 0.6) is 0 Å². The second-order valence-corrected chi connectivity index (χ2v) is 7.25. The Morgan fingerprint density at radius 3 is 2.82 bits per heavy atom. The highest BCUT2D eigenvalue weighted by Gasteiger charge is 2.41. The summed E-state index contributed by atoms with van der Waals surface area (Å²) in [5.74, 6) is 4.43. The van der Waals surface area contributed by atoms with Gasteiger partial charge >= 0.3 is 0 Å². The average Bonchev–Trinajstić information content (AvgIpc) is 3.25. The number of halogens is 1. The minimum absolute atomic E-state index is 0. The van der Waals surface area contributed by atoms with Crippen LogP contribution >= 0.6 is 12.4 Å². The third kappa shape index (κ3) is 3.17. The molecule has 2 heterocycles. The van der Waals surface area contributed by atoms with Gasteiger partial charge < -0.3 is 10.3 Å². The highest BCUT2D eigenvalue weighted by Crippen LogP contribution is 2.50. The lowest BCUT2D eigenvalue weighted by atomic mass is 9.84. The molecular formula is C16H27ClN4O. The van der Waals surface area contributed by atoms with Crippen molar-refractivity contribution < 1.29 is 4.52 Å². The monoisotopic (exact) mass is 326 g/mol. The number of nitrogens with two attached hydrogens (primary N) is 1. The summed E-state index contributed by atoms with van der Waals surface area (Å²) in [6, 6.07) is 0.731. The fraction of sp³-hybridized carbons (Fsp3) is 0.875. The van der Waals surface area contributed by atoms with Gasteiger partial charge in [-0.2, -0.15) is 4.98 Å². The maximum Gasteiger partial charge on any atom is 0.240 e. The van der Waals surface area contributed by atoms with Crippen LogP contribution in [0.15, 0.2) is 4.52 Å². The van der Waals surface area contributed by atoms with Crippen LogP contribution in [-0.4, -0.2) is 27.6 Å². The number of nitrogens with zero attached hydrogens (tertiary/aromatic N) is 3. The smallest absolute Gasteiger partial charge is 0.240 e. The van der Waals surface area contributed by atoms with Crippen molar-refractivity contribution in [3.63, 3.8) is 0 Å². The Kier molecular flexibility index (Phi) is 5.05. The van der Waals surface area contributed by atoms with E-state index in [9.17, 15) is 0 Å². The van der Waals surface area contributed by atoms with E-state index in [0.717, 1.165) is 36.2 Å². The first kappa shape index (κ1) is 16.2. The number of aromatic nitrogens is 2. The van der Waals surface area contributed by atoms with E-state index >= 15 is 0 Å². The summed E-state index contributed by atoms with van der Waals surface area (Å²) in [7, 11) is 0. The summed E-state index contributed by atoms with van der Waals surface area (Å²) in [6.45, 7) is 2.34. The number of hydrogen-bond donors (Lipinski definition) is 1. The van der Waals surface area contributed by atoms with Gasteiger partial charge in [-0.25, -0.2) is 0 Å². The summed E-state index contributed by atoms with van der Waals surface area (Å²) in [4.78, 5) is 6.92. The maximum absolute atomic E-state index is 5.53. The van der Waals surface area contributed by atoms with E-state index in [0.29, 0.717) is 12.4 Å². The lowest BCUT2D eigenvalue weighted by molar-refractivity contribution is 0.180. The van der Waals surface area contributed by atoms with Gasteiger partial charge in [0.15, 0.2) is 5.82 Å². The van der Waals surface area contributed by atoms with Gasteiger partial charge in [-0.15, -0.1) is 12.4 Å². The van der Waals surface area contributed by atoms with Gasteiger partial charge in [0.05, 0.1) is 13.1 Å². The molecule has 22 heavy (non-hydrogen) atoms. The van der Waals surface area contributed by atoms with Gasteiger partial charge in [0, 0.05) is 6.04 Å². The van der Waals surface area contributed by atoms with Crippen LogP contribution in [0.4, 0.5) is 0 Å². The molecule has 3 fully saturated rings. The molecule has 2 saturated carbocycles. The van der Waals surface area contributed by atoms with Crippen LogP contribution in [0, 0.1) is 17.8 Å². The van der Waals surface area contributed by atoms with Crippen molar-refractivity contribution in [3.05, 3.63) is 11.7 Å². The molecular weight excluding hydrogens is 300 g/mol. The Morgan fingerprint density at radius 2 is 2.14 bits per heavy atom. The predicted octanol–water partition coefficient (Wildman–Crippen LogP) is 2.74. The van der Waals surface area contributed by atoms with Gasteiger partial charge in [0.2, 0.25) is 5.89 Å². The van der Waals surface area contributed by atoms with Gasteiger partial charge in [0.1, 0.15) is 0 Å². The predicted molar refractivity (Wildman–Crippen MR) is 86.4 cm³/mol. The Morgan fingerprint density at radius 1 is 1.23 bits per heavy atom. The zero-order valence-corrected chi connectivity index (χ0v) is 13.9. The topological polar surface area (TPSA) is 68.2 Å². The molecule has 4 rings (SSSR count). The summed E-state index contributed by atoms with van der Waals surface area (Å²) in [5.41, 5.74) is 5.53. The van der Waals surface area contributed by atoms with E-state index in [1.54, 1.807) is 0 Å². The first-order valence-corrected chi connectivity index (χ1v) is 8.57. The third-order valence-electron chi connectivity index (χ3n) is 5.99. The molecule has 4 atom stereocenters.